The molecule has 1 atom stereocenters. The summed E-state index contributed by atoms with van der Waals surface area (Å²) in [6, 6.07) is 22.0. The second-order valence-corrected chi connectivity index (χ2v) is 7.92. The quantitative estimate of drug-likeness (QED) is 0.303. The number of hydrogen-bond acceptors (Lipinski definition) is 3. The fraction of sp³-hybridized carbons (Fsp3) is 0.0435. The van der Waals surface area contributed by atoms with Gasteiger partial charge in [0.25, 0.3) is 11.7 Å². The van der Waals surface area contributed by atoms with Crippen molar-refractivity contribution >= 4 is 50.7 Å². The van der Waals surface area contributed by atoms with E-state index in [-0.39, 0.29) is 11.3 Å². The molecule has 1 aliphatic rings. The van der Waals surface area contributed by atoms with Crippen LogP contribution in [0.2, 0.25) is 5.02 Å². The number of amides is 1. The molecule has 0 aliphatic carbocycles. The lowest BCUT2D eigenvalue weighted by Gasteiger charge is -2.25. The maximum Gasteiger partial charge on any atom is 0.300 e. The van der Waals surface area contributed by atoms with Gasteiger partial charge in [-0.15, -0.1) is 0 Å². The number of rotatable bonds is 3. The summed E-state index contributed by atoms with van der Waals surface area (Å²) in [4.78, 5) is 27.4. The van der Waals surface area contributed by atoms with Gasteiger partial charge in [-0.3, -0.25) is 14.5 Å². The summed E-state index contributed by atoms with van der Waals surface area (Å²) in [6.07, 6.45) is 0. The summed E-state index contributed by atoms with van der Waals surface area (Å²) in [6.45, 7) is 0. The van der Waals surface area contributed by atoms with Gasteiger partial charge in [0.2, 0.25) is 0 Å². The van der Waals surface area contributed by atoms with E-state index in [0.717, 1.165) is 4.47 Å². The first-order valence-corrected chi connectivity index (χ1v) is 10.0. The topological polar surface area (TPSA) is 57.6 Å². The highest BCUT2D eigenvalue weighted by molar-refractivity contribution is 9.10. The van der Waals surface area contributed by atoms with Crippen molar-refractivity contribution in [1.29, 1.82) is 0 Å². The van der Waals surface area contributed by atoms with Gasteiger partial charge in [0, 0.05) is 20.7 Å². The maximum absolute atomic E-state index is 13.0. The van der Waals surface area contributed by atoms with E-state index in [1.807, 2.05) is 30.3 Å². The van der Waals surface area contributed by atoms with E-state index in [2.05, 4.69) is 15.9 Å². The predicted octanol–water partition coefficient (Wildman–Crippen LogP) is 5.73. The van der Waals surface area contributed by atoms with E-state index in [9.17, 15) is 14.7 Å². The summed E-state index contributed by atoms with van der Waals surface area (Å²) in [5.74, 6) is -1.65. The van der Waals surface area contributed by atoms with Crippen LogP contribution in [-0.4, -0.2) is 16.8 Å². The van der Waals surface area contributed by atoms with Crippen molar-refractivity contribution in [2.45, 2.75) is 6.04 Å². The Morgan fingerprint density at radius 2 is 1.62 bits per heavy atom. The van der Waals surface area contributed by atoms with Crippen LogP contribution in [0.25, 0.3) is 5.76 Å². The van der Waals surface area contributed by atoms with Gasteiger partial charge in [0.05, 0.1) is 11.6 Å². The van der Waals surface area contributed by atoms with Gasteiger partial charge in [-0.05, 0) is 35.9 Å². The van der Waals surface area contributed by atoms with Gasteiger partial charge >= 0.3 is 0 Å². The SMILES string of the molecule is O=C1C(=O)N(c2cccc(Cl)c2)C(c2ccc(Br)cc2)/C1=C(\O)c1ccccc1. The molecule has 1 amide bonds. The van der Waals surface area contributed by atoms with Crippen molar-refractivity contribution in [2.75, 3.05) is 4.90 Å². The van der Waals surface area contributed by atoms with Crippen LogP contribution in [0.3, 0.4) is 0 Å². The van der Waals surface area contributed by atoms with Crippen molar-refractivity contribution in [3.8, 4) is 0 Å². The summed E-state index contributed by atoms with van der Waals surface area (Å²) in [7, 11) is 0. The van der Waals surface area contributed by atoms with Gasteiger partial charge < -0.3 is 5.11 Å². The Hall–Kier alpha value is -2.89. The highest BCUT2D eigenvalue weighted by Crippen LogP contribution is 2.42. The molecule has 29 heavy (non-hydrogen) atoms. The summed E-state index contributed by atoms with van der Waals surface area (Å²) in [5.41, 5.74) is 1.70. The third kappa shape index (κ3) is 3.59. The molecule has 3 aromatic rings. The highest BCUT2D eigenvalue weighted by atomic mass is 79.9. The van der Waals surface area contributed by atoms with Crippen molar-refractivity contribution < 1.29 is 14.7 Å². The second-order valence-electron chi connectivity index (χ2n) is 6.57. The highest BCUT2D eigenvalue weighted by Gasteiger charge is 2.46. The second kappa shape index (κ2) is 7.85. The van der Waals surface area contributed by atoms with Crippen LogP contribution in [0.1, 0.15) is 17.2 Å². The Morgan fingerprint density at radius 1 is 0.931 bits per heavy atom. The Kier molecular flexibility index (Phi) is 5.26. The van der Waals surface area contributed by atoms with Crippen LogP contribution in [0.4, 0.5) is 5.69 Å². The molecule has 0 saturated carbocycles. The first-order valence-electron chi connectivity index (χ1n) is 8.85. The molecule has 6 heteroatoms. The molecule has 1 saturated heterocycles. The number of benzene rings is 3. The summed E-state index contributed by atoms with van der Waals surface area (Å²) in [5, 5.41) is 11.4. The number of hydrogen-bond donors (Lipinski definition) is 1. The minimum atomic E-state index is -0.776. The Bertz CT molecular complexity index is 1130. The van der Waals surface area contributed by atoms with Crippen molar-refractivity contribution in [2.24, 2.45) is 0 Å². The van der Waals surface area contributed by atoms with Crippen LogP contribution in [0, 0.1) is 0 Å². The Morgan fingerprint density at radius 3 is 2.28 bits per heavy atom. The molecule has 1 fully saturated rings. The van der Waals surface area contributed by atoms with E-state index in [1.165, 1.54) is 4.90 Å². The standard InChI is InChI=1S/C23H15BrClNO3/c24-16-11-9-14(10-12-16)20-19(21(27)15-5-2-1-3-6-15)22(28)23(29)26(20)18-8-4-7-17(25)13-18/h1-13,20,27H/b21-19+. The maximum atomic E-state index is 13.0. The molecule has 4 nitrogen and oxygen atoms in total. The number of Topliss-reactive ketones (excluding diaryl/α,β-unsaturated/α-hetero) is 1. The fourth-order valence-electron chi connectivity index (χ4n) is 3.44. The number of aliphatic hydroxyl groups excluding tert-OH is 1. The van der Waals surface area contributed by atoms with Crippen LogP contribution >= 0.6 is 27.5 Å². The van der Waals surface area contributed by atoms with Gasteiger partial charge in [-0.25, -0.2) is 0 Å². The normalized spacial score (nSPS) is 18.3. The average Bonchev–Trinajstić information content (AvgIpc) is 2.99. The van der Waals surface area contributed by atoms with Gasteiger partial charge in [0.1, 0.15) is 5.76 Å². The molecule has 1 unspecified atom stereocenters. The fourth-order valence-corrected chi connectivity index (χ4v) is 3.89. The van der Waals surface area contributed by atoms with Crippen LogP contribution in [0.15, 0.2) is 88.9 Å². The van der Waals surface area contributed by atoms with Crippen molar-refractivity contribution in [3.63, 3.8) is 0 Å². The average molecular weight is 469 g/mol. The molecule has 3 aromatic carbocycles. The number of carbonyl (C=O) groups excluding carboxylic acids is 2. The lowest BCUT2D eigenvalue weighted by molar-refractivity contribution is -0.132. The van der Waals surface area contributed by atoms with E-state index in [4.69, 9.17) is 11.6 Å². The van der Waals surface area contributed by atoms with E-state index in [0.29, 0.717) is 21.8 Å². The molecular formula is C23H15BrClNO3. The minimum Gasteiger partial charge on any atom is -0.507 e. The molecule has 4 rings (SSSR count). The molecule has 1 heterocycles. The van der Waals surface area contributed by atoms with Crippen LogP contribution in [0.5, 0.6) is 0 Å². The zero-order valence-corrected chi connectivity index (χ0v) is 17.4. The summed E-state index contributed by atoms with van der Waals surface area (Å²) >= 11 is 9.53. The molecule has 1 aliphatic heterocycles. The molecule has 0 radical (unpaired) electrons. The molecule has 1 N–H and O–H groups in total. The Labute approximate surface area is 181 Å². The smallest absolute Gasteiger partial charge is 0.300 e. The largest absolute Gasteiger partial charge is 0.507 e. The number of carbonyl (C=O) groups is 2. The third-order valence-corrected chi connectivity index (χ3v) is 5.53. The lowest BCUT2D eigenvalue weighted by atomic mass is 9.95. The first-order chi connectivity index (χ1) is 14.0. The van der Waals surface area contributed by atoms with Gasteiger partial charge in [0.15, 0.2) is 0 Å². The molecular weight excluding hydrogens is 454 g/mol. The number of nitrogens with zero attached hydrogens (tertiary/aromatic N) is 1. The summed E-state index contributed by atoms with van der Waals surface area (Å²) < 4.78 is 0.865. The Balaban J connectivity index is 1.96. The molecule has 144 valence electrons. The van der Waals surface area contributed by atoms with Crippen LogP contribution < -0.4 is 4.90 Å². The number of halogens is 2. The lowest BCUT2D eigenvalue weighted by Crippen LogP contribution is -2.29. The monoisotopic (exact) mass is 467 g/mol. The molecule has 0 spiro atoms. The van der Waals surface area contributed by atoms with Gasteiger partial charge in [-0.2, -0.15) is 0 Å². The van der Waals surface area contributed by atoms with Crippen LogP contribution in [-0.2, 0) is 9.59 Å². The predicted molar refractivity (Wildman–Crippen MR) is 117 cm³/mol. The zero-order chi connectivity index (χ0) is 20.5. The van der Waals surface area contributed by atoms with Gasteiger partial charge in [-0.1, -0.05) is 76.1 Å². The number of anilines is 1. The minimum absolute atomic E-state index is 0.0449. The van der Waals surface area contributed by atoms with E-state index >= 15 is 0 Å². The third-order valence-electron chi connectivity index (χ3n) is 4.76. The number of aliphatic hydroxyl groups is 1. The zero-order valence-electron chi connectivity index (χ0n) is 15.0. The van der Waals surface area contributed by atoms with Crippen molar-refractivity contribution in [1.82, 2.24) is 0 Å². The van der Waals surface area contributed by atoms with E-state index in [1.54, 1.807) is 48.5 Å². The van der Waals surface area contributed by atoms with E-state index < -0.39 is 17.7 Å². The first kappa shape index (κ1) is 19.4. The molecule has 0 bridgehead atoms. The molecule has 0 aromatic heterocycles. The van der Waals surface area contributed by atoms with Crippen molar-refractivity contribution in [3.05, 3.63) is 105 Å². The number of ketones is 1.